The van der Waals surface area contributed by atoms with Gasteiger partial charge in [-0.25, -0.2) is 9.67 Å². The summed E-state index contributed by atoms with van der Waals surface area (Å²) in [5, 5.41) is 9.13. The van der Waals surface area contributed by atoms with E-state index >= 15 is 0 Å². The van der Waals surface area contributed by atoms with Crippen LogP contribution in [0.25, 0.3) is 22.2 Å². The SMILES string of the molecule is O=c1c2ccccc2nnn1Cc1ncc(-c2ccc(Cl)cc2)o1. The summed E-state index contributed by atoms with van der Waals surface area (Å²) >= 11 is 5.88. The van der Waals surface area contributed by atoms with Gasteiger partial charge in [-0.05, 0) is 36.4 Å². The minimum Gasteiger partial charge on any atom is -0.439 e. The molecule has 24 heavy (non-hydrogen) atoms. The average Bonchev–Trinajstić information content (AvgIpc) is 3.07. The number of nitrogens with zero attached hydrogens (tertiary/aromatic N) is 4. The van der Waals surface area contributed by atoms with Crippen molar-refractivity contribution < 1.29 is 4.42 Å². The molecule has 7 heteroatoms. The lowest BCUT2D eigenvalue weighted by atomic mass is 10.2. The van der Waals surface area contributed by atoms with E-state index in [1.807, 2.05) is 18.2 Å². The van der Waals surface area contributed by atoms with Gasteiger partial charge in [-0.1, -0.05) is 28.9 Å². The van der Waals surface area contributed by atoms with E-state index in [0.29, 0.717) is 27.6 Å². The molecular formula is C17H11ClN4O2. The summed E-state index contributed by atoms with van der Waals surface area (Å²) in [6.45, 7) is 0.115. The monoisotopic (exact) mass is 338 g/mol. The Hall–Kier alpha value is -2.99. The molecule has 2 aromatic carbocycles. The molecule has 0 amide bonds. The third-order valence-electron chi connectivity index (χ3n) is 3.60. The van der Waals surface area contributed by atoms with Crippen LogP contribution in [-0.4, -0.2) is 20.0 Å². The summed E-state index contributed by atoms with van der Waals surface area (Å²) in [6.07, 6.45) is 1.61. The fourth-order valence-electron chi connectivity index (χ4n) is 2.39. The van der Waals surface area contributed by atoms with Crippen molar-refractivity contribution in [1.29, 1.82) is 0 Å². The van der Waals surface area contributed by atoms with Crippen molar-refractivity contribution in [2.45, 2.75) is 6.54 Å². The van der Waals surface area contributed by atoms with E-state index in [-0.39, 0.29) is 12.1 Å². The van der Waals surface area contributed by atoms with Gasteiger partial charge in [0.05, 0.1) is 11.6 Å². The number of fused-ring (bicyclic) bond motifs is 1. The number of oxazole rings is 1. The van der Waals surface area contributed by atoms with Gasteiger partial charge in [-0.3, -0.25) is 4.79 Å². The Bertz CT molecular complexity index is 1070. The predicted octanol–water partition coefficient (Wildman–Crippen LogP) is 3.15. The summed E-state index contributed by atoms with van der Waals surface area (Å²) in [5.74, 6) is 0.982. The van der Waals surface area contributed by atoms with Crippen LogP contribution >= 0.6 is 11.6 Å². The third kappa shape index (κ3) is 2.68. The molecule has 0 saturated carbocycles. The Morgan fingerprint density at radius 1 is 1.08 bits per heavy atom. The molecule has 0 spiro atoms. The third-order valence-corrected chi connectivity index (χ3v) is 3.85. The van der Waals surface area contributed by atoms with Crippen molar-refractivity contribution in [2.75, 3.05) is 0 Å². The van der Waals surface area contributed by atoms with Crippen LogP contribution in [0.15, 0.2) is 63.9 Å². The van der Waals surface area contributed by atoms with E-state index in [9.17, 15) is 4.79 Å². The number of halogens is 1. The summed E-state index contributed by atoms with van der Waals surface area (Å²) in [4.78, 5) is 16.6. The lowest BCUT2D eigenvalue weighted by Crippen LogP contribution is -2.24. The quantitative estimate of drug-likeness (QED) is 0.573. The Morgan fingerprint density at radius 2 is 1.88 bits per heavy atom. The van der Waals surface area contributed by atoms with Gasteiger partial charge >= 0.3 is 0 Å². The van der Waals surface area contributed by atoms with Crippen LogP contribution in [0.4, 0.5) is 0 Å². The molecule has 0 aliphatic carbocycles. The van der Waals surface area contributed by atoms with Crippen molar-refractivity contribution in [3.8, 4) is 11.3 Å². The van der Waals surface area contributed by atoms with Crippen molar-refractivity contribution >= 4 is 22.5 Å². The molecule has 6 nitrogen and oxygen atoms in total. The standard InChI is InChI=1S/C17H11ClN4O2/c18-12-7-5-11(6-8-12)15-9-19-16(24-15)10-22-17(23)13-3-1-2-4-14(13)20-21-22/h1-9H,10H2. The zero-order valence-electron chi connectivity index (χ0n) is 12.4. The Morgan fingerprint density at radius 3 is 2.71 bits per heavy atom. The number of hydrogen-bond acceptors (Lipinski definition) is 5. The van der Waals surface area contributed by atoms with Crippen LogP contribution in [0, 0.1) is 0 Å². The van der Waals surface area contributed by atoms with Gasteiger partial charge in [0.25, 0.3) is 5.56 Å². The second kappa shape index (κ2) is 5.90. The van der Waals surface area contributed by atoms with E-state index in [1.54, 1.807) is 36.5 Å². The fraction of sp³-hybridized carbons (Fsp3) is 0.0588. The second-order valence-corrected chi connectivity index (χ2v) is 5.63. The van der Waals surface area contributed by atoms with Crippen molar-refractivity contribution in [1.82, 2.24) is 20.0 Å². The molecule has 0 saturated heterocycles. The van der Waals surface area contributed by atoms with Crippen molar-refractivity contribution in [2.24, 2.45) is 0 Å². The van der Waals surface area contributed by atoms with Crippen LogP contribution in [0.3, 0.4) is 0 Å². The first-order valence-corrected chi connectivity index (χ1v) is 7.62. The molecule has 0 radical (unpaired) electrons. The summed E-state index contributed by atoms with van der Waals surface area (Å²) < 4.78 is 6.93. The normalized spacial score (nSPS) is 11.0. The Kier molecular flexibility index (Phi) is 3.59. The molecule has 118 valence electrons. The molecule has 0 aliphatic rings. The summed E-state index contributed by atoms with van der Waals surface area (Å²) in [6, 6.07) is 14.3. The summed E-state index contributed by atoms with van der Waals surface area (Å²) in [7, 11) is 0. The molecular weight excluding hydrogens is 328 g/mol. The number of aromatic nitrogens is 4. The number of hydrogen-bond donors (Lipinski definition) is 0. The predicted molar refractivity (Wildman–Crippen MR) is 89.8 cm³/mol. The van der Waals surface area contributed by atoms with Gasteiger partial charge in [0.1, 0.15) is 12.1 Å². The minimum atomic E-state index is -0.230. The zero-order valence-corrected chi connectivity index (χ0v) is 13.1. The maximum Gasteiger partial charge on any atom is 0.278 e. The largest absolute Gasteiger partial charge is 0.439 e. The number of benzene rings is 2. The Balaban J connectivity index is 1.66. The first-order valence-electron chi connectivity index (χ1n) is 7.24. The highest BCUT2D eigenvalue weighted by molar-refractivity contribution is 6.30. The zero-order chi connectivity index (χ0) is 16.5. The molecule has 0 atom stereocenters. The van der Waals surface area contributed by atoms with E-state index in [2.05, 4.69) is 15.3 Å². The Labute approximate surface area is 141 Å². The maximum atomic E-state index is 12.4. The van der Waals surface area contributed by atoms with Gasteiger partial charge in [0.15, 0.2) is 5.76 Å². The minimum absolute atomic E-state index is 0.115. The van der Waals surface area contributed by atoms with Gasteiger partial charge in [0, 0.05) is 10.6 Å². The van der Waals surface area contributed by atoms with Crippen LogP contribution in [0.1, 0.15) is 5.89 Å². The van der Waals surface area contributed by atoms with Crippen LogP contribution in [0.2, 0.25) is 5.02 Å². The van der Waals surface area contributed by atoms with Crippen molar-refractivity contribution in [3.63, 3.8) is 0 Å². The van der Waals surface area contributed by atoms with Gasteiger partial charge in [-0.2, -0.15) is 0 Å². The van der Waals surface area contributed by atoms with Gasteiger partial charge in [0.2, 0.25) is 5.89 Å². The topological polar surface area (TPSA) is 73.8 Å². The molecule has 0 unspecified atom stereocenters. The number of rotatable bonds is 3. The molecule has 4 rings (SSSR count). The smallest absolute Gasteiger partial charge is 0.278 e. The molecule has 4 aromatic rings. The molecule has 2 heterocycles. The fourth-order valence-corrected chi connectivity index (χ4v) is 2.51. The molecule has 0 N–H and O–H groups in total. The van der Waals surface area contributed by atoms with E-state index in [4.69, 9.17) is 16.0 Å². The molecule has 2 aromatic heterocycles. The van der Waals surface area contributed by atoms with Crippen molar-refractivity contribution in [3.05, 3.63) is 76.0 Å². The molecule has 0 aliphatic heterocycles. The first kappa shape index (κ1) is 14.6. The highest BCUT2D eigenvalue weighted by atomic mass is 35.5. The van der Waals surface area contributed by atoms with Crippen LogP contribution in [0.5, 0.6) is 0 Å². The highest BCUT2D eigenvalue weighted by Crippen LogP contribution is 2.22. The average molecular weight is 339 g/mol. The van der Waals surface area contributed by atoms with Crippen LogP contribution < -0.4 is 5.56 Å². The van der Waals surface area contributed by atoms with E-state index < -0.39 is 0 Å². The van der Waals surface area contributed by atoms with E-state index in [0.717, 1.165) is 5.56 Å². The summed E-state index contributed by atoms with van der Waals surface area (Å²) in [5.41, 5.74) is 1.19. The van der Waals surface area contributed by atoms with E-state index in [1.165, 1.54) is 4.68 Å². The molecule has 0 fully saturated rings. The molecule has 0 bridgehead atoms. The second-order valence-electron chi connectivity index (χ2n) is 5.19. The lowest BCUT2D eigenvalue weighted by Gasteiger charge is -2.02. The van der Waals surface area contributed by atoms with Gasteiger partial charge in [-0.15, -0.1) is 5.10 Å². The van der Waals surface area contributed by atoms with Gasteiger partial charge < -0.3 is 4.42 Å². The van der Waals surface area contributed by atoms with Crippen LogP contribution in [-0.2, 0) is 6.54 Å². The maximum absolute atomic E-state index is 12.4. The highest BCUT2D eigenvalue weighted by Gasteiger charge is 2.10. The first-order chi connectivity index (χ1) is 11.7. The lowest BCUT2D eigenvalue weighted by molar-refractivity contribution is 0.458.